The molecule has 3 N–H and O–H groups in total. The van der Waals surface area contributed by atoms with E-state index in [0.29, 0.717) is 82.4 Å². The number of aromatic nitrogens is 3. The number of amides is 5. The molecular formula is C53H73F3N12O6S. The van der Waals surface area contributed by atoms with Crippen LogP contribution in [-0.4, -0.2) is 185 Å². The Morgan fingerprint density at radius 1 is 0.867 bits per heavy atom. The van der Waals surface area contributed by atoms with Crippen LogP contribution in [0.2, 0.25) is 0 Å². The molecule has 2 saturated carbocycles. The normalized spacial score (nSPS) is 28.5. The van der Waals surface area contributed by atoms with Crippen LogP contribution in [0.15, 0.2) is 49.1 Å². The van der Waals surface area contributed by atoms with Gasteiger partial charge in [0.15, 0.2) is 0 Å². The number of alkyl halides is 3. The van der Waals surface area contributed by atoms with Gasteiger partial charge in [0, 0.05) is 101 Å². The predicted octanol–water partition coefficient (Wildman–Crippen LogP) is 4.36. The average Bonchev–Trinajstić information content (AvgIpc) is 3.93. The molecule has 9 rings (SSSR count). The van der Waals surface area contributed by atoms with Gasteiger partial charge in [-0.15, -0.1) is 0 Å². The molecule has 4 saturated heterocycles. The number of fused-ring (bicyclic) bond motifs is 1. The lowest BCUT2D eigenvalue weighted by Gasteiger charge is -2.45. The van der Waals surface area contributed by atoms with Crippen LogP contribution in [-0.2, 0) is 41.1 Å². The van der Waals surface area contributed by atoms with Gasteiger partial charge in [-0.1, -0.05) is 6.07 Å². The van der Waals surface area contributed by atoms with Gasteiger partial charge in [-0.2, -0.15) is 13.2 Å². The molecule has 0 radical (unpaired) electrons. The fourth-order valence-corrected chi connectivity index (χ4v) is 14.2. The number of hydrogen-bond acceptors (Lipinski definition) is 12. The first kappa shape index (κ1) is 54.5. The number of benzene rings is 1. The maximum Gasteiger partial charge on any atom is 0.416 e. The molecule has 4 unspecified atom stereocenters. The van der Waals surface area contributed by atoms with E-state index in [9.17, 15) is 41.4 Å². The Morgan fingerprint density at radius 2 is 1.60 bits per heavy atom. The molecule has 3 aromatic rings. The quantitative estimate of drug-likeness (QED) is 0.207. The molecule has 5 amide bonds. The van der Waals surface area contributed by atoms with Gasteiger partial charge in [0.1, 0.15) is 24.2 Å². The number of likely N-dealkylation sites (tertiary alicyclic amines) is 3. The Morgan fingerprint density at radius 3 is 2.28 bits per heavy atom. The van der Waals surface area contributed by atoms with Crippen molar-refractivity contribution in [3.05, 3.63) is 60.2 Å². The summed E-state index contributed by atoms with van der Waals surface area (Å²) in [5.41, 5.74) is 0.287. The highest BCUT2D eigenvalue weighted by Gasteiger charge is 2.46. The van der Waals surface area contributed by atoms with Crippen LogP contribution in [0.5, 0.6) is 0 Å². The summed E-state index contributed by atoms with van der Waals surface area (Å²) in [4.78, 5) is 90.6. The first-order valence-corrected chi connectivity index (χ1v) is 28.1. The van der Waals surface area contributed by atoms with Crippen LogP contribution in [0.4, 0.5) is 19.0 Å². The Labute approximate surface area is 439 Å². The van der Waals surface area contributed by atoms with Crippen LogP contribution in [0.25, 0.3) is 10.9 Å². The van der Waals surface area contributed by atoms with E-state index in [1.165, 1.54) is 12.4 Å². The van der Waals surface area contributed by atoms with E-state index in [2.05, 4.69) is 65.9 Å². The van der Waals surface area contributed by atoms with Gasteiger partial charge < -0.3 is 35.6 Å². The third kappa shape index (κ3) is 12.0. The maximum absolute atomic E-state index is 14.2. The summed E-state index contributed by atoms with van der Waals surface area (Å²) in [6.45, 7) is 10.2. The van der Waals surface area contributed by atoms with Crippen molar-refractivity contribution in [1.82, 2.24) is 54.4 Å². The van der Waals surface area contributed by atoms with Gasteiger partial charge in [0.25, 0.3) is 0 Å². The van der Waals surface area contributed by atoms with Gasteiger partial charge in [-0.25, -0.2) is 18.5 Å². The molecule has 0 spiro atoms. The zero-order chi connectivity index (χ0) is 53.3. The molecule has 75 heavy (non-hydrogen) atoms. The van der Waals surface area contributed by atoms with Crippen molar-refractivity contribution in [3.63, 3.8) is 0 Å². The lowest BCUT2D eigenvalue weighted by atomic mass is 9.82. The van der Waals surface area contributed by atoms with Crippen molar-refractivity contribution in [2.24, 2.45) is 11.8 Å². The molecule has 6 fully saturated rings. The SMILES string of the molecule is CC(NC(=O)[C@H]1CC(=O)N(C)[C@@H]1c1cccnc1)C(=O)N1CCC(S(=O)N2CCN(C3CCC(C(=O)N[C@@H]4CC(N(C)C(C)C)CCC4N4CC[C@H](Nc5ncnc6ccc(C(F)(F)F)cc56)C4=O)CC3)CC2)CC1. The molecule has 408 valence electrons. The molecule has 18 nitrogen and oxygen atoms in total. The number of nitrogens with one attached hydrogen (secondary N) is 3. The molecule has 8 atom stereocenters. The monoisotopic (exact) mass is 1060 g/mol. The largest absolute Gasteiger partial charge is 0.416 e. The maximum atomic E-state index is 14.2. The van der Waals surface area contributed by atoms with Crippen LogP contribution >= 0.6 is 0 Å². The topological polar surface area (TPSA) is 197 Å². The van der Waals surface area contributed by atoms with E-state index >= 15 is 0 Å². The summed E-state index contributed by atoms with van der Waals surface area (Å²) >= 11 is 0. The van der Waals surface area contributed by atoms with Gasteiger partial charge in [-0.3, -0.25) is 33.9 Å². The third-order valence-electron chi connectivity index (χ3n) is 17.2. The Hall–Kier alpha value is -5.32. The number of carbonyl (C=O) groups is 5. The molecule has 6 aliphatic rings. The van der Waals surface area contributed by atoms with E-state index in [1.54, 1.807) is 42.2 Å². The molecule has 4 aliphatic heterocycles. The highest BCUT2D eigenvalue weighted by atomic mass is 32.2. The number of rotatable bonds is 14. The lowest BCUT2D eigenvalue weighted by molar-refractivity contribution is -0.138. The number of nitrogens with zero attached hydrogens (tertiary/aromatic N) is 9. The van der Waals surface area contributed by atoms with Gasteiger partial charge in [0.05, 0.1) is 51.4 Å². The first-order chi connectivity index (χ1) is 35.9. The molecule has 6 heterocycles. The van der Waals surface area contributed by atoms with Gasteiger partial charge >= 0.3 is 6.18 Å². The summed E-state index contributed by atoms with van der Waals surface area (Å²) in [6.07, 6.45) is 7.22. The minimum atomic E-state index is -4.55. The fourth-order valence-electron chi connectivity index (χ4n) is 12.6. The average molecular weight is 1060 g/mol. The van der Waals surface area contributed by atoms with Crippen LogP contribution in [0, 0.1) is 11.8 Å². The van der Waals surface area contributed by atoms with E-state index in [0.717, 1.165) is 62.9 Å². The van der Waals surface area contributed by atoms with E-state index in [4.69, 9.17) is 0 Å². The zero-order valence-electron chi connectivity index (χ0n) is 43.7. The van der Waals surface area contributed by atoms with E-state index in [1.807, 2.05) is 11.0 Å². The second-order valence-electron chi connectivity index (χ2n) is 21.9. The summed E-state index contributed by atoms with van der Waals surface area (Å²) in [5, 5.41) is 9.58. The Bertz CT molecular complexity index is 2570. The van der Waals surface area contributed by atoms with Crippen molar-refractivity contribution in [2.75, 3.05) is 65.2 Å². The predicted molar refractivity (Wildman–Crippen MR) is 277 cm³/mol. The van der Waals surface area contributed by atoms with Crippen molar-refractivity contribution >= 4 is 57.2 Å². The van der Waals surface area contributed by atoms with Crippen molar-refractivity contribution in [3.8, 4) is 0 Å². The first-order valence-electron chi connectivity index (χ1n) is 26.9. The van der Waals surface area contributed by atoms with Crippen LogP contribution < -0.4 is 16.0 Å². The van der Waals surface area contributed by atoms with E-state index in [-0.39, 0.29) is 76.5 Å². The Balaban J connectivity index is 0.728. The van der Waals surface area contributed by atoms with Crippen molar-refractivity contribution < 1.29 is 41.4 Å². The number of halogens is 3. The number of anilines is 1. The molecular weight excluding hydrogens is 990 g/mol. The molecule has 2 aliphatic carbocycles. The van der Waals surface area contributed by atoms with Gasteiger partial charge in [-0.05, 0) is 122 Å². The molecule has 2 aromatic heterocycles. The minimum absolute atomic E-state index is 0.0162. The molecule has 1 aromatic carbocycles. The zero-order valence-corrected chi connectivity index (χ0v) is 44.5. The van der Waals surface area contributed by atoms with Gasteiger partial charge in [0.2, 0.25) is 29.5 Å². The number of carbonyl (C=O) groups excluding carboxylic acids is 5. The van der Waals surface area contributed by atoms with Crippen LogP contribution in [0.1, 0.15) is 109 Å². The summed E-state index contributed by atoms with van der Waals surface area (Å²) in [6, 6.07) is 5.33. The fraction of sp³-hybridized carbons (Fsp3) is 0.660. The molecule has 0 bridgehead atoms. The number of pyridine rings is 1. The summed E-state index contributed by atoms with van der Waals surface area (Å²) in [5.74, 6) is -1.44. The van der Waals surface area contributed by atoms with E-state index < -0.39 is 46.8 Å². The summed E-state index contributed by atoms with van der Waals surface area (Å²) in [7, 11) is 2.57. The van der Waals surface area contributed by atoms with Crippen molar-refractivity contribution in [1.29, 1.82) is 0 Å². The smallest absolute Gasteiger partial charge is 0.358 e. The Kier molecular flexibility index (Phi) is 16.8. The minimum Gasteiger partial charge on any atom is -0.358 e. The highest BCUT2D eigenvalue weighted by Crippen LogP contribution is 2.38. The number of piperazine rings is 1. The third-order valence-corrected chi connectivity index (χ3v) is 19.2. The van der Waals surface area contributed by atoms with Crippen LogP contribution in [0.3, 0.4) is 0 Å². The highest BCUT2D eigenvalue weighted by molar-refractivity contribution is 7.83. The van der Waals surface area contributed by atoms with Crippen molar-refractivity contribution in [2.45, 2.75) is 151 Å². The number of hydrogen-bond donors (Lipinski definition) is 3. The molecule has 22 heteroatoms. The standard InChI is InChI=1S/C53H73F3N12O6S/c1-32(2)63(4)38-13-15-45(68-22-18-43(52(68)73)61-48-40-27-36(53(54,55)56)10-14-42(40)58-31-59-48)44(28-38)62-49(70)34-8-11-37(12-9-34)65-23-25-67(26-24-65)75(74)39-16-20-66(21-17-39)51(72)33(3)60-50(71)41-29-46(69)64(5)47(41)35-7-6-19-57-30-35/h6-7,10,14,19,27,30-34,37-39,41,43-45,47H,8-9,11-13,15-18,20-26,28-29H2,1-5H3,(H,60,71)(H,62,70)(H,58,59,61)/t33?,34?,37?,38?,41-,43-,44+,45?,47+,75?/m0/s1. The second kappa shape index (κ2) is 23.1. The lowest BCUT2D eigenvalue weighted by Crippen LogP contribution is -2.59. The second-order valence-corrected chi connectivity index (χ2v) is 23.7. The number of piperidine rings is 1. The summed E-state index contributed by atoms with van der Waals surface area (Å²) < 4.78 is 56.9.